The lowest BCUT2D eigenvalue weighted by Crippen LogP contribution is -2.44. The first kappa shape index (κ1) is 18.9. The van der Waals surface area contributed by atoms with Gasteiger partial charge in [-0.1, -0.05) is 30.3 Å². The second-order valence-corrected chi connectivity index (χ2v) is 7.74. The van der Waals surface area contributed by atoms with Crippen LogP contribution in [0, 0.1) is 0 Å². The largest absolute Gasteiger partial charge is 0.462 e. The molecule has 2 aromatic heterocycles. The Morgan fingerprint density at radius 1 is 1.18 bits per heavy atom. The van der Waals surface area contributed by atoms with Crippen LogP contribution in [0.15, 0.2) is 53.1 Å². The number of aromatic nitrogens is 1. The number of hydrogen-bond donors (Lipinski definition) is 2. The molecule has 0 atom stereocenters. The van der Waals surface area contributed by atoms with Gasteiger partial charge in [-0.25, -0.2) is 4.98 Å². The molecule has 0 saturated carbocycles. The Hall–Kier alpha value is -2.48. The Balaban J connectivity index is 1.45. The number of rotatable bonds is 7. The molecule has 7 heteroatoms. The highest BCUT2D eigenvalue weighted by atomic mass is 32.1. The highest BCUT2D eigenvalue weighted by molar-refractivity contribution is 7.17. The molecule has 0 unspecified atom stereocenters. The lowest BCUT2D eigenvalue weighted by molar-refractivity contribution is 0.0955. The molecule has 1 aromatic carbocycles. The van der Waals surface area contributed by atoms with Crippen molar-refractivity contribution in [1.82, 2.24) is 20.5 Å². The van der Waals surface area contributed by atoms with Gasteiger partial charge in [0, 0.05) is 38.3 Å². The van der Waals surface area contributed by atoms with Gasteiger partial charge >= 0.3 is 0 Å². The average Bonchev–Trinajstić information content (AvgIpc) is 3.42. The minimum absolute atomic E-state index is 0.0746. The third-order valence-electron chi connectivity index (χ3n) is 4.76. The third-order valence-corrected chi connectivity index (χ3v) is 5.83. The maximum atomic E-state index is 12.9. The first-order valence-corrected chi connectivity index (χ1v) is 10.4. The molecule has 6 nitrogen and oxygen atoms in total. The topological polar surface area (TPSA) is 70.4 Å². The van der Waals surface area contributed by atoms with Crippen molar-refractivity contribution >= 4 is 17.2 Å². The number of nitrogens with one attached hydrogen (secondary N) is 2. The van der Waals surface area contributed by atoms with E-state index in [1.165, 1.54) is 11.3 Å². The zero-order valence-electron chi connectivity index (χ0n) is 15.7. The van der Waals surface area contributed by atoms with Crippen LogP contribution >= 0.6 is 11.3 Å². The van der Waals surface area contributed by atoms with Crippen molar-refractivity contribution in [3.8, 4) is 22.0 Å². The number of piperazine rings is 1. The quantitative estimate of drug-likeness (QED) is 0.601. The Morgan fingerprint density at radius 2 is 2.00 bits per heavy atom. The minimum atomic E-state index is -0.0746. The molecule has 1 aliphatic heterocycles. The fourth-order valence-electron chi connectivity index (χ4n) is 3.29. The van der Waals surface area contributed by atoms with Gasteiger partial charge in [0.1, 0.15) is 4.88 Å². The normalized spacial score (nSPS) is 14.9. The number of amides is 1. The van der Waals surface area contributed by atoms with Crippen molar-refractivity contribution in [3.63, 3.8) is 0 Å². The van der Waals surface area contributed by atoms with Gasteiger partial charge in [0.05, 0.1) is 12.0 Å². The number of thiazole rings is 1. The molecule has 1 amide bonds. The number of carbonyl (C=O) groups excluding carboxylic acids is 1. The number of nitrogens with zero attached hydrogens (tertiary/aromatic N) is 2. The van der Waals surface area contributed by atoms with Crippen LogP contribution in [0.4, 0.5) is 0 Å². The molecule has 0 radical (unpaired) electrons. The van der Waals surface area contributed by atoms with Gasteiger partial charge in [-0.2, -0.15) is 0 Å². The summed E-state index contributed by atoms with van der Waals surface area (Å²) in [6.45, 7) is 5.91. The van der Waals surface area contributed by atoms with Crippen LogP contribution < -0.4 is 10.6 Å². The predicted molar refractivity (Wildman–Crippen MR) is 112 cm³/mol. The molecule has 0 aliphatic carbocycles. The lowest BCUT2D eigenvalue weighted by Gasteiger charge is -2.27. The monoisotopic (exact) mass is 396 g/mol. The van der Waals surface area contributed by atoms with Gasteiger partial charge in [0.15, 0.2) is 10.8 Å². The van der Waals surface area contributed by atoms with Crippen LogP contribution in [0.5, 0.6) is 0 Å². The van der Waals surface area contributed by atoms with Crippen LogP contribution in [0.2, 0.25) is 0 Å². The summed E-state index contributed by atoms with van der Waals surface area (Å²) < 4.78 is 5.47. The first-order chi connectivity index (χ1) is 13.8. The van der Waals surface area contributed by atoms with Crippen molar-refractivity contribution < 1.29 is 9.21 Å². The Bertz CT molecular complexity index is 887. The van der Waals surface area contributed by atoms with E-state index in [9.17, 15) is 4.79 Å². The van der Waals surface area contributed by atoms with Crippen molar-refractivity contribution in [3.05, 3.63) is 53.6 Å². The standard InChI is InChI=1S/C21H24N4O2S/c26-20(23-9-5-12-25-13-10-22-11-14-25)19-18(16-6-2-1-3-7-16)24-21(28-19)17-8-4-15-27-17/h1-4,6-8,15,22H,5,9-14H2,(H,23,26). The molecule has 146 valence electrons. The van der Waals surface area contributed by atoms with Crippen LogP contribution in [-0.2, 0) is 0 Å². The Labute approximate surface area is 168 Å². The summed E-state index contributed by atoms with van der Waals surface area (Å²) >= 11 is 1.37. The highest BCUT2D eigenvalue weighted by Gasteiger charge is 2.21. The molecule has 0 bridgehead atoms. The first-order valence-electron chi connectivity index (χ1n) is 9.62. The molecular formula is C21H24N4O2S. The van der Waals surface area contributed by atoms with E-state index in [0.29, 0.717) is 22.9 Å². The summed E-state index contributed by atoms with van der Waals surface area (Å²) in [7, 11) is 0. The van der Waals surface area contributed by atoms with Crippen molar-refractivity contribution in [2.75, 3.05) is 39.3 Å². The van der Waals surface area contributed by atoms with E-state index in [1.54, 1.807) is 6.26 Å². The number of benzene rings is 1. The van der Waals surface area contributed by atoms with E-state index in [2.05, 4.69) is 15.5 Å². The summed E-state index contributed by atoms with van der Waals surface area (Å²) in [6, 6.07) is 13.5. The molecule has 1 aliphatic rings. The Kier molecular flexibility index (Phi) is 6.16. The van der Waals surface area contributed by atoms with E-state index < -0.39 is 0 Å². The fraction of sp³-hybridized carbons (Fsp3) is 0.333. The third kappa shape index (κ3) is 4.49. The van der Waals surface area contributed by atoms with Crippen LogP contribution in [0.3, 0.4) is 0 Å². The van der Waals surface area contributed by atoms with E-state index >= 15 is 0 Å². The molecule has 28 heavy (non-hydrogen) atoms. The van der Waals surface area contributed by atoms with E-state index in [0.717, 1.165) is 49.7 Å². The number of carbonyl (C=O) groups is 1. The van der Waals surface area contributed by atoms with Gasteiger partial charge in [-0.05, 0) is 25.1 Å². The molecule has 3 aromatic rings. The summed E-state index contributed by atoms with van der Waals surface area (Å²) in [5, 5.41) is 7.14. The minimum Gasteiger partial charge on any atom is -0.462 e. The molecule has 4 rings (SSSR count). The predicted octanol–water partition coefficient (Wildman–Crippen LogP) is 3.10. The van der Waals surface area contributed by atoms with Crippen LogP contribution in [0.25, 0.3) is 22.0 Å². The van der Waals surface area contributed by atoms with Crippen LogP contribution in [0.1, 0.15) is 16.1 Å². The second kappa shape index (κ2) is 9.14. The van der Waals surface area contributed by atoms with Crippen molar-refractivity contribution in [2.24, 2.45) is 0 Å². The lowest BCUT2D eigenvalue weighted by atomic mass is 10.1. The van der Waals surface area contributed by atoms with Gasteiger partial charge < -0.3 is 20.0 Å². The molecular weight excluding hydrogens is 372 g/mol. The second-order valence-electron chi connectivity index (χ2n) is 6.74. The van der Waals surface area contributed by atoms with E-state index in [-0.39, 0.29) is 5.91 Å². The SMILES string of the molecule is O=C(NCCCN1CCNCC1)c1sc(-c2ccco2)nc1-c1ccccc1. The molecule has 1 saturated heterocycles. The molecule has 3 heterocycles. The number of hydrogen-bond acceptors (Lipinski definition) is 6. The fourth-order valence-corrected chi connectivity index (χ4v) is 4.26. The Morgan fingerprint density at radius 3 is 2.75 bits per heavy atom. The maximum Gasteiger partial charge on any atom is 0.263 e. The highest BCUT2D eigenvalue weighted by Crippen LogP contribution is 2.34. The van der Waals surface area contributed by atoms with E-state index in [4.69, 9.17) is 9.40 Å². The molecule has 1 fully saturated rings. The van der Waals surface area contributed by atoms with Crippen molar-refractivity contribution in [1.29, 1.82) is 0 Å². The van der Waals surface area contributed by atoms with Gasteiger partial charge in [0.2, 0.25) is 0 Å². The van der Waals surface area contributed by atoms with Crippen LogP contribution in [-0.4, -0.2) is 55.1 Å². The zero-order chi connectivity index (χ0) is 19.2. The van der Waals surface area contributed by atoms with Gasteiger partial charge in [-0.3, -0.25) is 4.79 Å². The maximum absolute atomic E-state index is 12.9. The van der Waals surface area contributed by atoms with Gasteiger partial charge in [-0.15, -0.1) is 11.3 Å². The molecule has 0 spiro atoms. The number of furan rings is 1. The zero-order valence-corrected chi connectivity index (χ0v) is 16.5. The van der Waals surface area contributed by atoms with Crippen molar-refractivity contribution in [2.45, 2.75) is 6.42 Å². The van der Waals surface area contributed by atoms with E-state index in [1.807, 2.05) is 42.5 Å². The average molecular weight is 397 g/mol. The molecule has 2 N–H and O–H groups in total. The van der Waals surface area contributed by atoms with Gasteiger partial charge in [0.25, 0.3) is 5.91 Å². The summed E-state index contributed by atoms with van der Waals surface area (Å²) in [6.07, 6.45) is 2.56. The summed E-state index contributed by atoms with van der Waals surface area (Å²) in [4.78, 5) is 20.6. The summed E-state index contributed by atoms with van der Waals surface area (Å²) in [5.41, 5.74) is 1.64. The summed E-state index contributed by atoms with van der Waals surface area (Å²) in [5.74, 6) is 0.606. The smallest absolute Gasteiger partial charge is 0.263 e.